The van der Waals surface area contributed by atoms with Crippen LogP contribution in [0, 0.1) is 34.6 Å². The largest absolute Gasteiger partial charge is 0.273 e. The third kappa shape index (κ3) is 2.68. The average molecular weight is 282 g/mol. The number of aromatic nitrogens is 2. The van der Waals surface area contributed by atoms with Crippen molar-refractivity contribution in [3.8, 4) is 0 Å². The van der Waals surface area contributed by atoms with Gasteiger partial charge in [0.25, 0.3) is 5.91 Å². The molecule has 0 fully saturated rings. The summed E-state index contributed by atoms with van der Waals surface area (Å²) in [6.07, 6.45) is 6.81. The number of rotatable bonds is 2. The Morgan fingerprint density at radius 3 is 2.00 bits per heavy atom. The number of hydrogen-bond acceptors (Lipinski definition) is 2. The van der Waals surface area contributed by atoms with Crippen molar-refractivity contribution in [2.75, 3.05) is 0 Å². The fourth-order valence-electron chi connectivity index (χ4n) is 2.61. The Kier molecular flexibility index (Phi) is 4.12. The number of imidazole rings is 1. The molecule has 0 bridgehead atoms. The zero-order valence-electron chi connectivity index (χ0n) is 13.6. The molecule has 1 heterocycles. The number of hydrogen-bond donors (Lipinski definition) is 0. The van der Waals surface area contributed by atoms with Gasteiger partial charge in [-0.15, -0.1) is 0 Å². The predicted octanol–water partition coefficient (Wildman–Crippen LogP) is 4.17. The molecule has 0 amide bonds. The third-order valence-corrected chi connectivity index (χ3v) is 4.50. The van der Waals surface area contributed by atoms with Crippen molar-refractivity contribution in [3.63, 3.8) is 0 Å². The highest BCUT2D eigenvalue weighted by Gasteiger charge is 2.13. The first kappa shape index (κ1) is 15.2. The van der Waals surface area contributed by atoms with E-state index in [1.54, 1.807) is 12.4 Å². The van der Waals surface area contributed by atoms with E-state index >= 15 is 0 Å². The van der Waals surface area contributed by atoms with Crippen LogP contribution in [-0.4, -0.2) is 15.5 Å². The normalized spacial score (nSPS) is 11.8. The van der Waals surface area contributed by atoms with Gasteiger partial charge in [-0.2, -0.15) is 0 Å². The molecular formula is C18H22N2O. The van der Waals surface area contributed by atoms with Crippen LogP contribution >= 0.6 is 0 Å². The first-order chi connectivity index (χ1) is 9.84. The van der Waals surface area contributed by atoms with E-state index in [1.165, 1.54) is 38.7 Å². The van der Waals surface area contributed by atoms with Crippen molar-refractivity contribution < 1.29 is 4.79 Å². The molecule has 0 atom stereocenters. The van der Waals surface area contributed by atoms with Gasteiger partial charge in [0.1, 0.15) is 6.33 Å². The molecule has 0 unspecified atom stereocenters. The standard InChI is InChI=1S/C18H22N2O/c1-11(18(21)20-8-7-19-10-20)9-17-15(5)13(3)12(2)14(4)16(17)6/h7-10H,1-6H3/b11-9+. The van der Waals surface area contributed by atoms with Gasteiger partial charge in [-0.1, -0.05) is 0 Å². The van der Waals surface area contributed by atoms with Crippen molar-refractivity contribution in [1.82, 2.24) is 9.55 Å². The second-order valence-electron chi connectivity index (χ2n) is 5.64. The third-order valence-electron chi connectivity index (χ3n) is 4.50. The fourth-order valence-corrected chi connectivity index (χ4v) is 2.61. The minimum atomic E-state index is -0.0396. The van der Waals surface area contributed by atoms with Crippen molar-refractivity contribution in [2.24, 2.45) is 0 Å². The van der Waals surface area contributed by atoms with Crippen LogP contribution < -0.4 is 0 Å². The van der Waals surface area contributed by atoms with Crippen LogP contribution in [0.15, 0.2) is 24.3 Å². The summed E-state index contributed by atoms with van der Waals surface area (Å²) < 4.78 is 1.50. The molecular weight excluding hydrogens is 260 g/mol. The van der Waals surface area contributed by atoms with Crippen molar-refractivity contribution >= 4 is 12.0 Å². The summed E-state index contributed by atoms with van der Waals surface area (Å²) in [5, 5.41) is 0. The lowest BCUT2D eigenvalue weighted by Gasteiger charge is -2.17. The van der Waals surface area contributed by atoms with Crippen LogP contribution in [-0.2, 0) is 0 Å². The van der Waals surface area contributed by atoms with E-state index in [0.717, 1.165) is 5.56 Å². The monoisotopic (exact) mass is 282 g/mol. The maximum absolute atomic E-state index is 12.3. The summed E-state index contributed by atoms with van der Waals surface area (Å²) in [7, 11) is 0. The van der Waals surface area contributed by atoms with E-state index in [2.05, 4.69) is 39.6 Å². The molecule has 0 spiro atoms. The van der Waals surface area contributed by atoms with Crippen LogP contribution in [0.4, 0.5) is 0 Å². The zero-order chi connectivity index (χ0) is 15.7. The number of allylic oxidation sites excluding steroid dienone is 1. The minimum absolute atomic E-state index is 0.0396. The van der Waals surface area contributed by atoms with Crippen molar-refractivity contribution in [2.45, 2.75) is 41.5 Å². The Labute approximate surface area is 126 Å². The maximum Gasteiger partial charge on any atom is 0.258 e. The Morgan fingerprint density at radius 2 is 1.52 bits per heavy atom. The quantitative estimate of drug-likeness (QED) is 0.775. The van der Waals surface area contributed by atoms with E-state index in [9.17, 15) is 4.79 Å². The summed E-state index contributed by atoms with van der Waals surface area (Å²) in [4.78, 5) is 16.2. The molecule has 0 aliphatic carbocycles. The molecule has 1 aromatic carbocycles. The van der Waals surface area contributed by atoms with Gasteiger partial charge in [-0.25, -0.2) is 4.98 Å². The lowest BCUT2D eigenvalue weighted by Crippen LogP contribution is -2.09. The number of benzene rings is 1. The highest BCUT2D eigenvalue weighted by Crippen LogP contribution is 2.27. The van der Waals surface area contributed by atoms with E-state index in [4.69, 9.17) is 0 Å². The molecule has 0 radical (unpaired) electrons. The molecule has 0 aliphatic rings. The van der Waals surface area contributed by atoms with Crippen LogP contribution in [0.25, 0.3) is 6.08 Å². The van der Waals surface area contributed by atoms with Crippen LogP contribution in [0.3, 0.4) is 0 Å². The van der Waals surface area contributed by atoms with E-state index in [-0.39, 0.29) is 5.91 Å². The number of carbonyl (C=O) groups excluding carboxylic acids is 1. The fraction of sp³-hybridized carbons (Fsp3) is 0.333. The van der Waals surface area contributed by atoms with Crippen molar-refractivity contribution in [1.29, 1.82) is 0 Å². The summed E-state index contributed by atoms with van der Waals surface area (Å²) in [5.41, 5.74) is 8.28. The summed E-state index contributed by atoms with van der Waals surface area (Å²) in [6, 6.07) is 0. The molecule has 2 rings (SSSR count). The van der Waals surface area contributed by atoms with Gasteiger partial charge in [-0.05, 0) is 81.0 Å². The summed E-state index contributed by atoms with van der Waals surface area (Å²) >= 11 is 0. The van der Waals surface area contributed by atoms with E-state index in [0.29, 0.717) is 5.57 Å². The minimum Gasteiger partial charge on any atom is -0.273 e. The first-order valence-electron chi connectivity index (χ1n) is 7.12. The second kappa shape index (κ2) is 5.68. The van der Waals surface area contributed by atoms with Gasteiger partial charge in [-0.3, -0.25) is 9.36 Å². The Balaban J connectivity index is 2.53. The topological polar surface area (TPSA) is 34.9 Å². The van der Waals surface area contributed by atoms with Gasteiger partial charge in [0.2, 0.25) is 0 Å². The molecule has 3 heteroatoms. The van der Waals surface area contributed by atoms with Gasteiger partial charge in [0, 0.05) is 18.0 Å². The molecule has 0 N–H and O–H groups in total. The Morgan fingerprint density at radius 1 is 1.00 bits per heavy atom. The summed E-state index contributed by atoms with van der Waals surface area (Å²) in [6.45, 7) is 12.5. The first-order valence-corrected chi connectivity index (χ1v) is 7.12. The molecule has 1 aromatic heterocycles. The molecule has 0 saturated heterocycles. The van der Waals surface area contributed by atoms with Gasteiger partial charge in [0.05, 0.1) is 0 Å². The molecule has 0 aliphatic heterocycles. The Hall–Kier alpha value is -2.16. The van der Waals surface area contributed by atoms with E-state index in [1.807, 2.05) is 13.0 Å². The van der Waals surface area contributed by atoms with Crippen LogP contribution in [0.2, 0.25) is 0 Å². The second-order valence-corrected chi connectivity index (χ2v) is 5.64. The molecule has 3 nitrogen and oxygen atoms in total. The van der Waals surface area contributed by atoms with Gasteiger partial charge < -0.3 is 0 Å². The number of nitrogens with zero attached hydrogens (tertiary/aromatic N) is 2. The predicted molar refractivity (Wildman–Crippen MR) is 86.6 cm³/mol. The lowest BCUT2D eigenvalue weighted by molar-refractivity contribution is 0.0956. The molecule has 21 heavy (non-hydrogen) atoms. The molecule has 2 aromatic rings. The van der Waals surface area contributed by atoms with Crippen molar-refractivity contribution in [3.05, 3.63) is 57.7 Å². The van der Waals surface area contributed by atoms with Gasteiger partial charge in [0.15, 0.2) is 0 Å². The van der Waals surface area contributed by atoms with Crippen LogP contribution in [0.5, 0.6) is 0 Å². The molecule has 110 valence electrons. The molecule has 0 saturated carbocycles. The smallest absolute Gasteiger partial charge is 0.258 e. The Bertz CT molecular complexity index is 693. The number of carbonyl (C=O) groups is 1. The van der Waals surface area contributed by atoms with E-state index < -0.39 is 0 Å². The maximum atomic E-state index is 12.3. The zero-order valence-corrected chi connectivity index (χ0v) is 13.6. The lowest BCUT2D eigenvalue weighted by atomic mass is 9.89. The van der Waals surface area contributed by atoms with Gasteiger partial charge >= 0.3 is 0 Å². The average Bonchev–Trinajstić information content (AvgIpc) is 3.00. The summed E-state index contributed by atoms with van der Waals surface area (Å²) in [5.74, 6) is -0.0396. The van der Waals surface area contributed by atoms with Crippen LogP contribution in [0.1, 0.15) is 45.1 Å². The SMILES string of the molecule is C/C(=C\c1c(C)c(C)c(C)c(C)c1C)C(=O)n1ccnc1. The highest BCUT2D eigenvalue weighted by molar-refractivity contribution is 5.99. The highest BCUT2D eigenvalue weighted by atomic mass is 16.2.